The third-order valence-electron chi connectivity index (χ3n) is 2.45. The molecular weight excluding hydrogens is 418 g/mol. The molecule has 0 heterocycles. The van der Waals surface area contributed by atoms with Crippen LogP contribution in [0.3, 0.4) is 0 Å². The molecule has 3 N–H and O–H groups in total. The van der Waals surface area contributed by atoms with Crippen LogP contribution in [-0.2, 0) is 10.0 Å². The largest absolute Gasteiger partial charge is 0.396 e. The summed E-state index contributed by atoms with van der Waals surface area (Å²) >= 11 is 8.02. The average Bonchev–Trinajstić information content (AvgIpc) is 2.36. The number of sulfonamides is 1. The van der Waals surface area contributed by atoms with Gasteiger partial charge in [0.25, 0.3) is 10.0 Å². The van der Waals surface area contributed by atoms with E-state index in [9.17, 15) is 12.8 Å². The van der Waals surface area contributed by atoms with E-state index in [1.165, 1.54) is 0 Å². The van der Waals surface area contributed by atoms with Crippen LogP contribution >= 0.6 is 34.2 Å². The fourth-order valence-electron chi connectivity index (χ4n) is 1.46. The SMILES string of the molecule is Nc1cc(S(=O)(=O)Nc2ccc(I)cc2Cl)ccc1F. The van der Waals surface area contributed by atoms with Crippen molar-refractivity contribution in [3.8, 4) is 0 Å². The topological polar surface area (TPSA) is 72.2 Å². The van der Waals surface area contributed by atoms with Crippen LogP contribution in [0.25, 0.3) is 0 Å². The first-order valence-electron chi connectivity index (χ1n) is 5.32. The average molecular weight is 427 g/mol. The summed E-state index contributed by atoms with van der Waals surface area (Å²) in [6.07, 6.45) is 0. The number of benzene rings is 2. The van der Waals surface area contributed by atoms with E-state index < -0.39 is 15.8 Å². The maximum absolute atomic E-state index is 13.1. The zero-order chi connectivity index (χ0) is 14.9. The van der Waals surface area contributed by atoms with Gasteiger partial charge < -0.3 is 5.73 Å². The van der Waals surface area contributed by atoms with Crippen LogP contribution in [0, 0.1) is 9.39 Å². The fourth-order valence-corrected chi connectivity index (χ4v) is 3.54. The highest BCUT2D eigenvalue weighted by molar-refractivity contribution is 14.1. The monoisotopic (exact) mass is 426 g/mol. The first kappa shape index (κ1) is 15.3. The molecule has 2 rings (SSSR count). The normalized spacial score (nSPS) is 11.3. The lowest BCUT2D eigenvalue weighted by Crippen LogP contribution is -2.13. The molecule has 106 valence electrons. The number of rotatable bonds is 3. The molecule has 0 bridgehead atoms. The lowest BCUT2D eigenvalue weighted by atomic mass is 10.3. The molecule has 0 atom stereocenters. The molecule has 0 radical (unpaired) electrons. The fraction of sp³-hybridized carbons (Fsp3) is 0. The van der Waals surface area contributed by atoms with E-state index in [-0.39, 0.29) is 21.3 Å². The molecule has 0 aliphatic rings. The van der Waals surface area contributed by atoms with Crippen molar-refractivity contribution >= 4 is 55.6 Å². The molecule has 0 fully saturated rings. The lowest BCUT2D eigenvalue weighted by molar-refractivity contribution is 0.600. The number of halogens is 3. The summed E-state index contributed by atoms with van der Waals surface area (Å²) in [6.45, 7) is 0. The number of anilines is 2. The second-order valence-electron chi connectivity index (χ2n) is 3.91. The van der Waals surface area contributed by atoms with Gasteiger partial charge in [0.05, 0.1) is 21.3 Å². The van der Waals surface area contributed by atoms with Crippen molar-refractivity contribution in [3.63, 3.8) is 0 Å². The molecule has 0 unspecified atom stereocenters. The van der Waals surface area contributed by atoms with Crippen molar-refractivity contribution in [1.82, 2.24) is 0 Å². The highest BCUT2D eigenvalue weighted by atomic mass is 127. The van der Waals surface area contributed by atoms with Crippen molar-refractivity contribution in [2.24, 2.45) is 0 Å². The third-order valence-corrected chi connectivity index (χ3v) is 4.80. The van der Waals surface area contributed by atoms with E-state index in [1.807, 2.05) is 0 Å². The van der Waals surface area contributed by atoms with Gasteiger partial charge in [-0.2, -0.15) is 0 Å². The van der Waals surface area contributed by atoms with Gasteiger partial charge in [0.2, 0.25) is 0 Å². The molecular formula is C12H9ClFIN2O2S. The Kier molecular flexibility index (Phi) is 4.40. The van der Waals surface area contributed by atoms with Gasteiger partial charge in [-0.05, 0) is 59.0 Å². The van der Waals surface area contributed by atoms with Gasteiger partial charge in [-0.25, -0.2) is 12.8 Å². The minimum absolute atomic E-state index is 0.133. The molecule has 0 amide bonds. The predicted octanol–water partition coefficient (Wildman–Crippen LogP) is 3.47. The zero-order valence-corrected chi connectivity index (χ0v) is 13.6. The van der Waals surface area contributed by atoms with E-state index in [1.54, 1.807) is 18.2 Å². The Hall–Kier alpha value is -1.06. The quantitative estimate of drug-likeness (QED) is 0.583. The first-order valence-corrected chi connectivity index (χ1v) is 8.26. The van der Waals surface area contributed by atoms with Gasteiger partial charge in [0.1, 0.15) is 5.82 Å². The molecule has 0 spiro atoms. The summed E-state index contributed by atoms with van der Waals surface area (Å²) in [5, 5.41) is 0.274. The van der Waals surface area contributed by atoms with Crippen LogP contribution in [0.1, 0.15) is 0 Å². The number of hydrogen-bond donors (Lipinski definition) is 2. The Morgan fingerprint density at radius 1 is 1.20 bits per heavy atom. The molecule has 2 aromatic rings. The van der Waals surface area contributed by atoms with E-state index in [0.29, 0.717) is 0 Å². The standard InChI is InChI=1S/C12H9ClFIN2O2S/c13-9-5-7(15)1-4-12(9)17-20(18,19)8-2-3-10(14)11(16)6-8/h1-6,17H,16H2. The predicted molar refractivity (Wildman–Crippen MR) is 85.8 cm³/mol. The van der Waals surface area contributed by atoms with Crippen molar-refractivity contribution in [3.05, 3.63) is 50.8 Å². The summed E-state index contributed by atoms with van der Waals surface area (Å²) in [4.78, 5) is -0.133. The minimum Gasteiger partial charge on any atom is -0.396 e. The highest BCUT2D eigenvalue weighted by Crippen LogP contribution is 2.27. The molecule has 0 aliphatic heterocycles. The molecule has 0 saturated carbocycles. The maximum atomic E-state index is 13.1. The Labute approximate surface area is 134 Å². The van der Waals surface area contributed by atoms with Gasteiger partial charge in [-0.3, -0.25) is 4.72 Å². The second-order valence-corrected chi connectivity index (χ2v) is 7.25. The van der Waals surface area contributed by atoms with E-state index in [4.69, 9.17) is 17.3 Å². The third kappa shape index (κ3) is 3.33. The van der Waals surface area contributed by atoms with Gasteiger partial charge in [-0.15, -0.1) is 0 Å². The summed E-state index contributed by atoms with van der Waals surface area (Å²) in [5.74, 6) is -0.670. The molecule has 0 saturated heterocycles. The van der Waals surface area contributed by atoms with Crippen molar-refractivity contribution < 1.29 is 12.8 Å². The van der Waals surface area contributed by atoms with Crippen LogP contribution in [-0.4, -0.2) is 8.42 Å². The number of hydrogen-bond acceptors (Lipinski definition) is 3. The van der Waals surface area contributed by atoms with Gasteiger partial charge >= 0.3 is 0 Å². The summed E-state index contributed by atoms with van der Waals surface area (Å²) in [7, 11) is -3.87. The van der Waals surface area contributed by atoms with E-state index >= 15 is 0 Å². The smallest absolute Gasteiger partial charge is 0.262 e. The Bertz CT molecular complexity index is 768. The summed E-state index contributed by atoms with van der Waals surface area (Å²) in [6, 6.07) is 8.07. The first-order chi connectivity index (χ1) is 9.29. The van der Waals surface area contributed by atoms with Crippen LogP contribution < -0.4 is 10.5 Å². The Balaban J connectivity index is 2.38. The Morgan fingerprint density at radius 3 is 2.50 bits per heavy atom. The number of nitrogens with one attached hydrogen (secondary N) is 1. The van der Waals surface area contributed by atoms with Crippen molar-refractivity contribution in [2.45, 2.75) is 4.90 Å². The van der Waals surface area contributed by atoms with Crippen molar-refractivity contribution in [1.29, 1.82) is 0 Å². The summed E-state index contributed by atoms with van der Waals surface area (Å²) in [5.41, 5.74) is 5.38. The van der Waals surface area contributed by atoms with Gasteiger partial charge in [-0.1, -0.05) is 11.6 Å². The number of nitrogens with two attached hydrogens (primary N) is 1. The molecule has 20 heavy (non-hydrogen) atoms. The van der Waals surface area contributed by atoms with Gasteiger partial charge in [0, 0.05) is 3.57 Å². The number of nitrogen functional groups attached to an aromatic ring is 1. The lowest BCUT2D eigenvalue weighted by Gasteiger charge is -2.10. The van der Waals surface area contributed by atoms with E-state index in [0.717, 1.165) is 21.8 Å². The summed E-state index contributed by atoms with van der Waals surface area (Å²) < 4.78 is 40.6. The minimum atomic E-state index is -3.87. The molecule has 4 nitrogen and oxygen atoms in total. The van der Waals surface area contributed by atoms with Crippen molar-refractivity contribution in [2.75, 3.05) is 10.5 Å². The van der Waals surface area contributed by atoms with Crippen LogP contribution in [0.4, 0.5) is 15.8 Å². The molecule has 0 aliphatic carbocycles. The molecule has 0 aromatic heterocycles. The van der Waals surface area contributed by atoms with E-state index in [2.05, 4.69) is 27.3 Å². The van der Waals surface area contributed by atoms with Crippen LogP contribution in [0.2, 0.25) is 5.02 Å². The molecule has 8 heteroatoms. The molecule has 2 aromatic carbocycles. The zero-order valence-electron chi connectivity index (χ0n) is 9.90. The van der Waals surface area contributed by atoms with Crippen LogP contribution in [0.5, 0.6) is 0 Å². The highest BCUT2D eigenvalue weighted by Gasteiger charge is 2.17. The maximum Gasteiger partial charge on any atom is 0.262 e. The van der Waals surface area contributed by atoms with Crippen LogP contribution in [0.15, 0.2) is 41.3 Å². The second kappa shape index (κ2) is 5.74. The van der Waals surface area contributed by atoms with Gasteiger partial charge in [0.15, 0.2) is 0 Å². The Morgan fingerprint density at radius 2 is 1.90 bits per heavy atom.